The maximum atomic E-state index is 13.3. The summed E-state index contributed by atoms with van der Waals surface area (Å²) in [4.78, 5) is 75.5. The molecule has 4 heterocycles. The minimum Gasteiger partial charge on any atom is -0.478 e. The second-order valence-electron chi connectivity index (χ2n) is 20.2. The SMILES string of the molecule is CCN(CC)CC.N=c1ccc2c(-c3ccc(C(=O)NCCCCCCn4cc(CCC#Cc5cccc(CONc6ccn([C@@H]7O[C@H](COP(=O)(O)OP(=O)(O)O)[C@@H](O)[C@H]7O)c(=O)n6)c5)nn4)cc3C(=O)O)c3ccc(N)c(S(=O)(=O)O)c3oc-2c1S(=O)(=O)O. The summed E-state index contributed by atoms with van der Waals surface area (Å²) >= 11 is 0. The standard InChI is InChI=1S/C49H51N9O22P2S2.C6H15N/c50-35-16-14-32-39(33-15-17-36(51)45(84(73,74)75)43(33)79-42(32)44(35)83(70,71)72)31-13-12-29(23-34(31)48(62)63)46(61)52-19-5-1-2-6-20-57-24-30(54-56-57)11-4-3-8-27-9-7-10-28(22-27)25-76-55-38-18-21-58(49(64)53-38)47-41(60)40(59)37(78-47)26-77-82(68,69)80-81(65,66)67;1-4-7(5-2)6-3/h7,9-10,12-18,21-24,37,40-41,47,50,59-60H,1-2,4-6,11,19-20,25-26,51H2,(H,52,61)(H,62,63)(H,68,69)(H,53,55,64)(H2,65,66,67)(H,70,71,72)(H,73,74,75);4-6H2,1-3H3/t37-,40-,41-,47-;/m1./s1. The number of hydrogen-bond acceptors (Lipinski definition) is 23. The zero-order valence-corrected chi connectivity index (χ0v) is 52.3. The first-order chi connectivity index (χ1) is 42.9. The molecule has 1 amide bonds. The largest absolute Gasteiger partial charge is 0.481 e. The van der Waals surface area contributed by atoms with Gasteiger partial charge in [0.2, 0.25) is 0 Å². The van der Waals surface area contributed by atoms with E-state index >= 15 is 0 Å². The van der Waals surface area contributed by atoms with Crippen LogP contribution in [0.1, 0.15) is 96.6 Å². The van der Waals surface area contributed by atoms with Crippen molar-refractivity contribution in [3.8, 4) is 34.3 Å². The number of hydrogen-bond donors (Lipinski definition) is 12. The van der Waals surface area contributed by atoms with Gasteiger partial charge in [0.15, 0.2) is 33.2 Å². The summed E-state index contributed by atoms with van der Waals surface area (Å²) in [6, 6.07) is 16.7. The molecular weight excluding hydrogens is 1280 g/mol. The fourth-order valence-corrected chi connectivity index (χ4v) is 12.6. The molecule has 3 aliphatic rings. The number of aromatic nitrogens is 5. The van der Waals surface area contributed by atoms with Crippen LogP contribution in [-0.2, 0) is 67.3 Å². The number of phosphoric acid groups is 2. The lowest BCUT2D eigenvalue weighted by atomic mass is 9.89. The number of nitrogens with zero attached hydrogens (tertiary/aromatic N) is 6. The van der Waals surface area contributed by atoms with Crippen molar-refractivity contribution in [3.05, 3.63) is 129 Å². The number of carbonyl (C=O) groups excluding carboxylic acids is 1. The zero-order chi connectivity index (χ0) is 66.6. The van der Waals surface area contributed by atoms with E-state index in [9.17, 15) is 69.7 Å². The van der Waals surface area contributed by atoms with Crippen LogP contribution >= 0.6 is 15.6 Å². The van der Waals surface area contributed by atoms with Crippen molar-refractivity contribution in [1.29, 1.82) is 5.41 Å². The minimum atomic E-state index is -5.42. The van der Waals surface area contributed by atoms with Gasteiger partial charge in [-0.1, -0.05) is 68.9 Å². The molecule has 32 nitrogen and oxygen atoms in total. The molecule has 0 spiro atoms. The van der Waals surface area contributed by atoms with Gasteiger partial charge in [-0.2, -0.15) is 26.1 Å². The molecule has 1 unspecified atom stereocenters. The number of ether oxygens (including phenoxy) is 1. The molecule has 5 atom stereocenters. The molecule has 13 N–H and O–H groups in total. The number of aliphatic hydroxyl groups is 2. The van der Waals surface area contributed by atoms with Crippen LogP contribution in [0.4, 0.5) is 11.5 Å². The highest BCUT2D eigenvalue weighted by atomic mass is 32.2. The lowest BCUT2D eigenvalue weighted by Crippen LogP contribution is -2.36. The Morgan fingerprint density at radius 3 is 2.25 bits per heavy atom. The Bertz CT molecular complexity index is 4280. The van der Waals surface area contributed by atoms with Crippen LogP contribution in [0.5, 0.6) is 0 Å². The number of nitrogens with one attached hydrogen (secondary N) is 3. The number of nitrogen functional groups attached to an aromatic ring is 1. The molecule has 1 saturated heterocycles. The van der Waals surface area contributed by atoms with E-state index in [4.69, 9.17) is 34.9 Å². The Balaban J connectivity index is 0.00000158. The smallest absolute Gasteiger partial charge is 0.478 e. The Morgan fingerprint density at radius 1 is 0.890 bits per heavy atom. The molecule has 2 aromatic heterocycles. The number of anilines is 2. The highest BCUT2D eigenvalue weighted by Crippen LogP contribution is 2.58. The molecule has 0 saturated carbocycles. The molecule has 1 fully saturated rings. The quantitative estimate of drug-likeness (QED) is 0.00649. The molecule has 0 bridgehead atoms. The van der Waals surface area contributed by atoms with Crippen LogP contribution in [0, 0.1) is 17.3 Å². The van der Waals surface area contributed by atoms with E-state index in [0.29, 0.717) is 31.4 Å². The predicted molar refractivity (Wildman–Crippen MR) is 323 cm³/mol. The highest BCUT2D eigenvalue weighted by Gasteiger charge is 2.46. The first kappa shape index (κ1) is 70.8. The number of amides is 1. The summed E-state index contributed by atoms with van der Waals surface area (Å²) in [6.07, 6.45) is 0.273. The third-order valence-corrected chi connectivity index (χ3v) is 18.0. The number of rotatable bonds is 27. The van der Waals surface area contributed by atoms with E-state index in [-0.39, 0.29) is 46.6 Å². The first-order valence-electron chi connectivity index (χ1n) is 27.8. The third-order valence-electron chi connectivity index (χ3n) is 14.0. The van der Waals surface area contributed by atoms with Crippen LogP contribution in [0.3, 0.4) is 0 Å². The van der Waals surface area contributed by atoms with Gasteiger partial charge in [0.1, 0.15) is 18.3 Å². The molecule has 91 heavy (non-hydrogen) atoms. The van der Waals surface area contributed by atoms with Crippen molar-refractivity contribution < 1.29 is 97.5 Å². The van der Waals surface area contributed by atoms with Crippen LogP contribution < -0.4 is 27.6 Å². The zero-order valence-electron chi connectivity index (χ0n) is 48.8. The molecule has 3 aromatic carbocycles. The fourth-order valence-electron chi connectivity index (χ4n) is 9.54. The number of carboxylic acids is 1. The number of unbranched alkanes of at least 4 members (excludes halogenated alkanes) is 3. The van der Waals surface area contributed by atoms with Crippen molar-refractivity contribution in [2.75, 3.05) is 44.0 Å². The summed E-state index contributed by atoms with van der Waals surface area (Å²) < 4.78 is 115. The normalized spacial score (nSPS) is 16.6. The number of aliphatic hydroxyl groups excluding tert-OH is 2. The Hall–Kier alpha value is -7.65. The molecule has 36 heteroatoms. The van der Waals surface area contributed by atoms with E-state index in [0.717, 1.165) is 53.3 Å². The van der Waals surface area contributed by atoms with E-state index in [1.165, 1.54) is 56.2 Å². The lowest BCUT2D eigenvalue weighted by molar-refractivity contribution is -0.0541. The molecule has 490 valence electrons. The van der Waals surface area contributed by atoms with Crippen molar-refractivity contribution in [2.45, 2.75) is 107 Å². The van der Waals surface area contributed by atoms with Crippen LogP contribution in [0.25, 0.3) is 33.4 Å². The number of phosphoric ester groups is 1. The number of carbonyl (C=O) groups is 2. The van der Waals surface area contributed by atoms with E-state index < -0.39 is 122 Å². The van der Waals surface area contributed by atoms with Crippen LogP contribution in [-0.4, -0.2) is 148 Å². The van der Waals surface area contributed by atoms with Crippen molar-refractivity contribution in [1.82, 2.24) is 34.8 Å². The maximum absolute atomic E-state index is 13.3. The molecule has 2 aliphatic heterocycles. The number of carboxylic acid groups (broad SMARTS) is 1. The Labute approximate surface area is 519 Å². The summed E-state index contributed by atoms with van der Waals surface area (Å²) in [5, 5.41) is 49.7. The fraction of sp³-hybridized carbons (Fsp3) is 0.364. The van der Waals surface area contributed by atoms with Gasteiger partial charge in [-0.25, -0.2) is 24.2 Å². The second-order valence-corrected chi connectivity index (χ2v) is 25.8. The molecular formula is C55H66N10O22P2S2. The van der Waals surface area contributed by atoms with Gasteiger partial charge in [0, 0.05) is 66.0 Å². The first-order valence-corrected chi connectivity index (χ1v) is 33.7. The van der Waals surface area contributed by atoms with E-state index in [1.54, 1.807) is 22.9 Å². The molecule has 8 rings (SSSR count). The average Bonchev–Trinajstić information content (AvgIpc) is 1.24. The second kappa shape index (κ2) is 30.6. The number of nitrogens with two attached hydrogens (primary N) is 1. The van der Waals surface area contributed by atoms with Gasteiger partial charge in [0.05, 0.1) is 35.5 Å². The van der Waals surface area contributed by atoms with Gasteiger partial charge in [0.25, 0.3) is 26.1 Å². The Morgan fingerprint density at radius 2 is 1.59 bits per heavy atom. The summed E-state index contributed by atoms with van der Waals surface area (Å²) in [7, 11) is -21.1. The van der Waals surface area contributed by atoms with Crippen molar-refractivity contribution >= 4 is 70.2 Å². The third kappa shape index (κ3) is 18.8. The summed E-state index contributed by atoms with van der Waals surface area (Å²) in [5.41, 5.74) is 7.43. The predicted octanol–water partition coefficient (Wildman–Crippen LogP) is 4.32. The average molecular weight is 1350 g/mol. The van der Waals surface area contributed by atoms with Crippen molar-refractivity contribution in [2.24, 2.45) is 0 Å². The molecule has 5 aromatic rings. The van der Waals surface area contributed by atoms with Gasteiger partial charge < -0.3 is 55.1 Å². The van der Waals surface area contributed by atoms with Crippen LogP contribution in [0.15, 0.2) is 104 Å². The van der Waals surface area contributed by atoms with Gasteiger partial charge in [-0.15, -0.1) is 5.10 Å². The number of aryl methyl sites for hydroxylation is 2. The van der Waals surface area contributed by atoms with E-state index in [2.05, 4.69) is 72.4 Å². The number of aromatic carboxylic acids is 1. The minimum absolute atomic E-state index is 0.0236. The van der Waals surface area contributed by atoms with Gasteiger partial charge in [-0.3, -0.25) is 37.9 Å². The summed E-state index contributed by atoms with van der Waals surface area (Å²) in [6.45, 7) is 10.0. The number of benzene rings is 4. The topological polar surface area (TPSA) is 491 Å². The summed E-state index contributed by atoms with van der Waals surface area (Å²) in [5.74, 6) is 3.31. The maximum Gasteiger partial charge on any atom is 0.481 e. The molecule has 0 radical (unpaired) electrons. The van der Waals surface area contributed by atoms with Gasteiger partial charge in [-0.05, 0) is 98.2 Å². The van der Waals surface area contributed by atoms with E-state index in [1.807, 2.05) is 12.3 Å². The Kier molecular flexibility index (Phi) is 23.8. The van der Waals surface area contributed by atoms with Gasteiger partial charge >= 0.3 is 27.3 Å². The van der Waals surface area contributed by atoms with Crippen molar-refractivity contribution in [3.63, 3.8) is 0 Å². The van der Waals surface area contributed by atoms with Crippen LogP contribution in [0.2, 0.25) is 0 Å². The monoisotopic (exact) mass is 1340 g/mol. The number of fused-ring (bicyclic) bond motifs is 2. The highest BCUT2D eigenvalue weighted by molar-refractivity contribution is 7.86. The lowest BCUT2D eigenvalue weighted by Gasteiger charge is -2.20. The molecule has 1 aliphatic carbocycles.